The van der Waals surface area contributed by atoms with Gasteiger partial charge in [-0.15, -0.1) is 0 Å². The van der Waals surface area contributed by atoms with E-state index in [-0.39, 0.29) is 17.3 Å². The van der Waals surface area contributed by atoms with E-state index < -0.39 is 44.6 Å². The summed E-state index contributed by atoms with van der Waals surface area (Å²) in [7, 11) is -5.29. The highest BCUT2D eigenvalue weighted by Crippen LogP contribution is 2.48. The van der Waals surface area contributed by atoms with Crippen LogP contribution in [0.2, 0.25) is 0 Å². The van der Waals surface area contributed by atoms with E-state index >= 15 is 0 Å². The Hall–Kier alpha value is -1.45. The second-order valence-electron chi connectivity index (χ2n) is 7.11. The first-order valence-electron chi connectivity index (χ1n) is 8.98. The van der Waals surface area contributed by atoms with E-state index in [1.165, 1.54) is 12.1 Å². The van der Waals surface area contributed by atoms with Crippen LogP contribution in [-0.4, -0.2) is 54.6 Å². The molecule has 0 radical (unpaired) electrons. The highest BCUT2D eigenvalue weighted by molar-refractivity contribution is 8.17. The minimum absolute atomic E-state index is 0.00423. The monoisotopic (exact) mass is 428 g/mol. The SMILES string of the molecule is Cc1ccc([SH]2C[C@H](O)[C@@H](O)[C@H](F)[C@H]2COS(=O)(=O)c2ccc(C)cc2)cc1. The second kappa shape index (κ2) is 8.51. The smallest absolute Gasteiger partial charge is 0.297 e. The molecule has 1 saturated heterocycles. The van der Waals surface area contributed by atoms with Gasteiger partial charge < -0.3 is 10.2 Å². The van der Waals surface area contributed by atoms with Gasteiger partial charge in [-0.25, -0.2) is 15.3 Å². The van der Waals surface area contributed by atoms with Crippen molar-refractivity contribution in [2.45, 2.75) is 47.3 Å². The number of halogens is 1. The van der Waals surface area contributed by atoms with Gasteiger partial charge in [0, 0.05) is 11.0 Å². The van der Waals surface area contributed by atoms with E-state index in [0.717, 1.165) is 16.0 Å². The van der Waals surface area contributed by atoms with Crippen LogP contribution in [0, 0.1) is 13.8 Å². The normalized spacial score (nSPS) is 29.5. The molecular weight excluding hydrogens is 403 g/mol. The predicted molar refractivity (Wildman–Crippen MR) is 108 cm³/mol. The summed E-state index contributed by atoms with van der Waals surface area (Å²) in [5.74, 6) is 0.193. The number of rotatable bonds is 5. The van der Waals surface area contributed by atoms with Crippen molar-refractivity contribution in [2.24, 2.45) is 0 Å². The van der Waals surface area contributed by atoms with E-state index in [1.54, 1.807) is 12.1 Å². The first-order valence-corrected chi connectivity index (χ1v) is 12.0. The average molecular weight is 429 g/mol. The Kier molecular flexibility index (Phi) is 6.46. The van der Waals surface area contributed by atoms with E-state index in [9.17, 15) is 23.0 Å². The van der Waals surface area contributed by atoms with Crippen LogP contribution in [0.25, 0.3) is 0 Å². The summed E-state index contributed by atoms with van der Waals surface area (Å²) in [6, 6.07) is 13.7. The van der Waals surface area contributed by atoms with Gasteiger partial charge in [-0.2, -0.15) is 8.42 Å². The second-order valence-corrected chi connectivity index (χ2v) is 11.2. The maximum absolute atomic E-state index is 14.9. The van der Waals surface area contributed by atoms with Crippen molar-refractivity contribution in [2.75, 3.05) is 12.4 Å². The molecule has 0 amide bonds. The molecule has 2 aromatic carbocycles. The summed E-state index contributed by atoms with van der Waals surface area (Å²) < 4.78 is 45.0. The Bertz CT molecular complexity index is 899. The van der Waals surface area contributed by atoms with E-state index in [2.05, 4.69) is 0 Å². The summed E-state index contributed by atoms with van der Waals surface area (Å²) in [5.41, 5.74) is 1.96. The molecule has 0 aromatic heterocycles. The molecule has 5 nitrogen and oxygen atoms in total. The largest absolute Gasteiger partial charge is 0.390 e. The van der Waals surface area contributed by atoms with Crippen LogP contribution in [0.15, 0.2) is 58.3 Å². The lowest BCUT2D eigenvalue weighted by molar-refractivity contribution is -0.0268. The van der Waals surface area contributed by atoms with Crippen LogP contribution in [0.5, 0.6) is 0 Å². The molecule has 0 bridgehead atoms. The Labute approximate surface area is 167 Å². The summed E-state index contributed by atoms with van der Waals surface area (Å²) in [6.07, 6.45) is -4.52. The summed E-state index contributed by atoms with van der Waals surface area (Å²) in [4.78, 5) is 0.847. The maximum atomic E-state index is 14.9. The number of hydrogen-bond donors (Lipinski definition) is 3. The standard InChI is InChI=1S/C20H25FO5S2/c1-13-3-7-15(8-4-13)27-12-17(22)20(23)19(21)18(27)11-26-28(24,25)16-9-5-14(2)6-10-16/h3-10,17-20,22-23,27H,11-12H2,1-2H3/t17-,18+,19+,20+/m0/s1. The molecule has 3 rings (SSSR count). The van der Waals surface area contributed by atoms with Crippen molar-refractivity contribution >= 4 is 21.0 Å². The number of hydrogen-bond acceptors (Lipinski definition) is 5. The fourth-order valence-electron chi connectivity index (χ4n) is 3.20. The molecule has 2 aromatic rings. The first-order chi connectivity index (χ1) is 13.2. The third kappa shape index (κ3) is 4.58. The van der Waals surface area contributed by atoms with Gasteiger partial charge in [0.05, 0.1) is 17.6 Å². The summed E-state index contributed by atoms with van der Waals surface area (Å²) >= 11 is 0. The molecule has 2 N–H and O–H groups in total. The number of aliphatic hydroxyl groups is 2. The molecule has 1 aliphatic rings. The van der Waals surface area contributed by atoms with Crippen molar-refractivity contribution in [1.29, 1.82) is 0 Å². The Morgan fingerprint density at radius 3 is 2.14 bits per heavy atom. The molecule has 1 aliphatic heterocycles. The fraction of sp³-hybridized carbons (Fsp3) is 0.400. The van der Waals surface area contributed by atoms with Gasteiger partial charge in [0.1, 0.15) is 12.3 Å². The first kappa shape index (κ1) is 21.3. The van der Waals surface area contributed by atoms with Gasteiger partial charge in [0.15, 0.2) is 0 Å². The van der Waals surface area contributed by atoms with Crippen LogP contribution in [0.4, 0.5) is 4.39 Å². The third-order valence-electron chi connectivity index (χ3n) is 4.94. The highest BCUT2D eigenvalue weighted by atomic mass is 32.2. The molecule has 1 fully saturated rings. The van der Waals surface area contributed by atoms with E-state index in [4.69, 9.17) is 4.18 Å². The zero-order valence-electron chi connectivity index (χ0n) is 15.7. The lowest BCUT2D eigenvalue weighted by atomic mass is 10.1. The topological polar surface area (TPSA) is 83.8 Å². The van der Waals surface area contributed by atoms with E-state index in [0.29, 0.717) is 0 Å². The number of benzene rings is 2. The van der Waals surface area contributed by atoms with Crippen LogP contribution in [0.3, 0.4) is 0 Å². The molecule has 0 saturated carbocycles. The van der Waals surface area contributed by atoms with Crippen molar-refractivity contribution in [3.63, 3.8) is 0 Å². The lowest BCUT2D eigenvalue weighted by Crippen LogP contribution is -2.50. The molecule has 0 spiro atoms. The maximum Gasteiger partial charge on any atom is 0.297 e. The Morgan fingerprint density at radius 2 is 1.57 bits per heavy atom. The molecular formula is C20H25FO5S2. The molecule has 1 unspecified atom stereocenters. The number of aryl methyl sites for hydroxylation is 2. The Balaban J connectivity index is 1.83. The summed E-state index contributed by atoms with van der Waals surface area (Å²) in [5, 5.41) is 19.2. The van der Waals surface area contributed by atoms with Crippen LogP contribution >= 0.6 is 10.9 Å². The van der Waals surface area contributed by atoms with Gasteiger partial charge in [-0.1, -0.05) is 47.5 Å². The molecule has 154 valence electrons. The van der Waals surface area contributed by atoms with Gasteiger partial charge in [0.25, 0.3) is 10.1 Å². The minimum Gasteiger partial charge on any atom is -0.390 e. The summed E-state index contributed by atoms with van der Waals surface area (Å²) in [6.45, 7) is 3.39. The molecule has 5 atom stereocenters. The molecule has 28 heavy (non-hydrogen) atoms. The number of thiol groups is 1. The van der Waals surface area contributed by atoms with Gasteiger partial charge in [-0.3, -0.25) is 4.18 Å². The predicted octanol–water partition coefficient (Wildman–Crippen LogP) is 2.51. The van der Waals surface area contributed by atoms with Gasteiger partial charge >= 0.3 is 0 Å². The van der Waals surface area contributed by atoms with Crippen molar-refractivity contribution in [1.82, 2.24) is 0 Å². The van der Waals surface area contributed by atoms with Crippen LogP contribution in [0.1, 0.15) is 11.1 Å². The number of alkyl halides is 1. The third-order valence-corrected chi connectivity index (χ3v) is 9.20. The van der Waals surface area contributed by atoms with E-state index in [1.807, 2.05) is 38.1 Å². The van der Waals surface area contributed by atoms with Crippen molar-refractivity contribution in [3.8, 4) is 0 Å². The fourth-order valence-corrected chi connectivity index (χ4v) is 7.03. The van der Waals surface area contributed by atoms with Gasteiger partial charge in [-0.05, 0) is 30.9 Å². The quantitative estimate of drug-likeness (QED) is 0.504. The zero-order chi connectivity index (χ0) is 20.5. The van der Waals surface area contributed by atoms with Crippen molar-refractivity contribution in [3.05, 3.63) is 59.7 Å². The average Bonchev–Trinajstić information content (AvgIpc) is 2.66. The number of aliphatic hydroxyl groups excluding tert-OH is 2. The highest BCUT2D eigenvalue weighted by Gasteiger charge is 2.43. The van der Waals surface area contributed by atoms with Crippen molar-refractivity contribution < 1.29 is 27.2 Å². The van der Waals surface area contributed by atoms with Gasteiger partial charge in [0.2, 0.25) is 0 Å². The molecule has 1 heterocycles. The van der Waals surface area contributed by atoms with Crippen LogP contribution < -0.4 is 0 Å². The minimum atomic E-state index is -4.04. The molecule has 8 heteroatoms. The zero-order valence-corrected chi connectivity index (χ0v) is 17.4. The lowest BCUT2D eigenvalue weighted by Gasteiger charge is -2.42. The molecule has 0 aliphatic carbocycles. The van der Waals surface area contributed by atoms with Crippen LogP contribution in [-0.2, 0) is 14.3 Å². The Morgan fingerprint density at radius 1 is 1.04 bits per heavy atom.